The normalized spacial score (nSPS) is 12.1. The van der Waals surface area contributed by atoms with Crippen LogP contribution in [0.25, 0.3) is 10.8 Å². The number of aromatic nitrogens is 2. The average molecular weight is 317 g/mol. The van der Waals surface area contributed by atoms with Crippen LogP contribution in [0.3, 0.4) is 0 Å². The third-order valence-corrected chi connectivity index (χ3v) is 3.49. The van der Waals surface area contributed by atoms with Gasteiger partial charge in [0.15, 0.2) is 5.69 Å². The number of carbonyl (C=O) groups excluding carboxylic acids is 1. The van der Waals surface area contributed by atoms with E-state index in [1.807, 2.05) is 13.8 Å². The first-order chi connectivity index (χ1) is 10.9. The summed E-state index contributed by atoms with van der Waals surface area (Å²) in [7, 11) is 0. The van der Waals surface area contributed by atoms with Gasteiger partial charge in [0, 0.05) is 11.4 Å². The molecule has 1 atom stereocenters. The fraction of sp³-hybridized carbons (Fsp3) is 0.375. The van der Waals surface area contributed by atoms with Gasteiger partial charge in [-0.15, -0.1) is 0 Å². The Hall–Kier alpha value is -2.70. The summed E-state index contributed by atoms with van der Waals surface area (Å²) in [4.78, 5) is 35.7. The van der Waals surface area contributed by atoms with Gasteiger partial charge in [-0.2, -0.15) is 5.10 Å². The van der Waals surface area contributed by atoms with Gasteiger partial charge in [0.2, 0.25) is 5.91 Å². The summed E-state index contributed by atoms with van der Waals surface area (Å²) < 4.78 is 0.903. The van der Waals surface area contributed by atoms with E-state index < -0.39 is 11.5 Å². The molecule has 23 heavy (non-hydrogen) atoms. The predicted octanol–water partition coefficient (Wildman–Crippen LogP) is 1.40. The van der Waals surface area contributed by atoms with Gasteiger partial charge < -0.3 is 10.4 Å². The van der Waals surface area contributed by atoms with Crippen LogP contribution in [0.4, 0.5) is 0 Å². The van der Waals surface area contributed by atoms with E-state index in [-0.39, 0.29) is 35.0 Å². The molecule has 0 saturated carbocycles. The summed E-state index contributed by atoms with van der Waals surface area (Å²) >= 11 is 0. The van der Waals surface area contributed by atoms with Gasteiger partial charge in [-0.1, -0.05) is 31.5 Å². The molecule has 0 aliphatic rings. The second-order valence-corrected chi connectivity index (χ2v) is 5.42. The minimum Gasteiger partial charge on any atom is -0.476 e. The summed E-state index contributed by atoms with van der Waals surface area (Å²) in [6, 6.07) is 6.33. The number of fused-ring (bicyclic) bond motifs is 1. The van der Waals surface area contributed by atoms with Crippen LogP contribution in [0.5, 0.6) is 0 Å². The SMILES string of the molecule is CCCC(C)NC(=O)Cn1nc(C(=O)O)c2ccccc2c1=O. The van der Waals surface area contributed by atoms with Gasteiger partial charge in [-0.3, -0.25) is 9.59 Å². The van der Waals surface area contributed by atoms with E-state index in [2.05, 4.69) is 10.4 Å². The van der Waals surface area contributed by atoms with Crippen LogP contribution in [-0.4, -0.2) is 32.8 Å². The number of benzene rings is 1. The zero-order valence-corrected chi connectivity index (χ0v) is 13.1. The molecule has 0 radical (unpaired) electrons. The molecular formula is C16H19N3O4. The van der Waals surface area contributed by atoms with E-state index in [0.717, 1.165) is 17.5 Å². The van der Waals surface area contributed by atoms with Crippen molar-refractivity contribution in [2.45, 2.75) is 39.3 Å². The lowest BCUT2D eigenvalue weighted by Gasteiger charge is -2.13. The van der Waals surface area contributed by atoms with Gasteiger partial charge in [-0.25, -0.2) is 9.48 Å². The number of aromatic carboxylic acids is 1. The van der Waals surface area contributed by atoms with Crippen molar-refractivity contribution >= 4 is 22.6 Å². The molecule has 7 heteroatoms. The highest BCUT2D eigenvalue weighted by molar-refractivity contribution is 6.01. The average Bonchev–Trinajstić information content (AvgIpc) is 2.50. The van der Waals surface area contributed by atoms with Crippen molar-refractivity contribution in [1.82, 2.24) is 15.1 Å². The Labute approximate surface area is 132 Å². The van der Waals surface area contributed by atoms with Gasteiger partial charge in [-0.05, 0) is 19.4 Å². The first-order valence-corrected chi connectivity index (χ1v) is 7.46. The number of carboxylic acids is 1. The summed E-state index contributed by atoms with van der Waals surface area (Å²) in [6.45, 7) is 3.58. The first kappa shape index (κ1) is 16.7. The smallest absolute Gasteiger partial charge is 0.357 e. The molecule has 7 nitrogen and oxygen atoms in total. The molecule has 1 aromatic heterocycles. The van der Waals surface area contributed by atoms with Crippen LogP contribution >= 0.6 is 0 Å². The number of carbonyl (C=O) groups is 2. The highest BCUT2D eigenvalue weighted by Gasteiger charge is 2.17. The van der Waals surface area contributed by atoms with E-state index in [4.69, 9.17) is 0 Å². The van der Waals surface area contributed by atoms with E-state index in [1.165, 1.54) is 12.1 Å². The Morgan fingerprint density at radius 3 is 2.57 bits per heavy atom. The van der Waals surface area contributed by atoms with E-state index in [0.29, 0.717) is 0 Å². The van der Waals surface area contributed by atoms with Crippen molar-refractivity contribution in [3.05, 3.63) is 40.3 Å². The molecule has 0 bridgehead atoms. The number of rotatable bonds is 6. The number of nitrogens with one attached hydrogen (secondary N) is 1. The van der Waals surface area contributed by atoms with Crippen molar-refractivity contribution in [1.29, 1.82) is 0 Å². The van der Waals surface area contributed by atoms with E-state index in [1.54, 1.807) is 12.1 Å². The summed E-state index contributed by atoms with van der Waals surface area (Å²) in [6.07, 6.45) is 1.75. The number of nitrogens with zero attached hydrogens (tertiary/aromatic N) is 2. The summed E-state index contributed by atoms with van der Waals surface area (Å²) in [5, 5.41) is 16.4. The maximum Gasteiger partial charge on any atom is 0.357 e. The Bertz CT molecular complexity index is 798. The Morgan fingerprint density at radius 2 is 1.96 bits per heavy atom. The van der Waals surface area contributed by atoms with Crippen LogP contribution in [0.15, 0.2) is 29.1 Å². The van der Waals surface area contributed by atoms with Crippen molar-refractivity contribution in [3.8, 4) is 0 Å². The number of hydrogen-bond donors (Lipinski definition) is 2. The minimum atomic E-state index is -1.24. The monoisotopic (exact) mass is 317 g/mol. The quantitative estimate of drug-likeness (QED) is 0.838. The standard InChI is InChI=1S/C16H19N3O4/c1-3-6-10(2)17-13(20)9-19-15(21)12-8-5-4-7-11(12)14(18-19)16(22)23/h4-5,7-8,10H,3,6,9H2,1-2H3,(H,17,20)(H,22,23). The molecule has 2 aromatic rings. The van der Waals surface area contributed by atoms with Gasteiger partial charge in [0.1, 0.15) is 6.54 Å². The molecule has 0 saturated heterocycles. The zero-order valence-electron chi connectivity index (χ0n) is 13.1. The highest BCUT2D eigenvalue weighted by atomic mass is 16.4. The maximum atomic E-state index is 12.4. The van der Waals surface area contributed by atoms with Gasteiger partial charge in [0.25, 0.3) is 5.56 Å². The highest BCUT2D eigenvalue weighted by Crippen LogP contribution is 2.13. The topological polar surface area (TPSA) is 101 Å². The summed E-state index contributed by atoms with van der Waals surface area (Å²) in [5.41, 5.74) is -0.724. The second-order valence-electron chi connectivity index (χ2n) is 5.42. The lowest BCUT2D eigenvalue weighted by atomic mass is 10.1. The van der Waals surface area contributed by atoms with Crippen molar-refractivity contribution < 1.29 is 14.7 Å². The molecule has 0 spiro atoms. The van der Waals surface area contributed by atoms with Crippen molar-refractivity contribution in [2.24, 2.45) is 0 Å². The lowest BCUT2D eigenvalue weighted by Crippen LogP contribution is -2.38. The molecule has 1 aromatic carbocycles. The minimum absolute atomic E-state index is 0.0115. The Balaban J connectivity index is 2.38. The fourth-order valence-corrected chi connectivity index (χ4v) is 2.46. The Morgan fingerprint density at radius 1 is 1.30 bits per heavy atom. The maximum absolute atomic E-state index is 12.4. The predicted molar refractivity (Wildman–Crippen MR) is 85.5 cm³/mol. The van der Waals surface area contributed by atoms with Crippen LogP contribution in [0.2, 0.25) is 0 Å². The molecule has 0 aliphatic heterocycles. The van der Waals surface area contributed by atoms with Crippen LogP contribution < -0.4 is 10.9 Å². The molecule has 2 rings (SSSR count). The zero-order chi connectivity index (χ0) is 17.0. The molecule has 1 amide bonds. The van der Waals surface area contributed by atoms with Crippen LogP contribution in [-0.2, 0) is 11.3 Å². The summed E-state index contributed by atoms with van der Waals surface area (Å²) in [5.74, 6) is -1.61. The van der Waals surface area contributed by atoms with Gasteiger partial charge >= 0.3 is 5.97 Å². The van der Waals surface area contributed by atoms with Crippen molar-refractivity contribution in [3.63, 3.8) is 0 Å². The van der Waals surface area contributed by atoms with E-state index >= 15 is 0 Å². The first-order valence-electron chi connectivity index (χ1n) is 7.46. The van der Waals surface area contributed by atoms with Gasteiger partial charge in [0.05, 0.1) is 5.39 Å². The molecule has 2 N–H and O–H groups in total. The fourth-order valence-electron chi connectivity index (χ4n) is 2.46. The molecule has 0 aliphatic carbocycles. The number of carboxylic acid groups (broad SMARTS) is 1. The number of hydrogen-bond acceptors (Lipinski definition) is 4. The molecule has 1 heterocycles. The van der Waals surface area contributed by atoms with E-state index in [9.17, 15) is 19.5 Å². The lowest BCUT2D eigenvalue weighted by molar-refractivity contribution is -0.122. The van der Waals surface area contributed by atoms with Crippen LogP contribution in [0.1, 0.15) is 37.2 Å². The molecule has 1 unspecified atom stereocenters. The third-order valence-electron chi connectivity index (χ3n) is 3.49. The largest absolute Gasteiger partial charge is 0.476 e. The van der Waals surface area contributed by atoms with Crippen molar-refractivity contribution in [2.75, 3.05) is 0 Å². The second kappa shape index (κ2) is 7.04. The molecule has 0 fully saturated rings. The molecular weight excluding hydrogens is 298 g/mol. The molecule has 122 valence electrons. The van der Waals surface area contributed by atoms with Crippen LogP contribution in [0, 0.1) is 0 Å². The third kappa shape index (κ3) is 3.74. The Kier molecular flexibility index (Phi) is 5.10. The number of amides is 1.